The Morgan fingerprint density at radius 1 is 1.20 bits per heavy atom. The standard InChI is InChI=1S/C33H48ClN3O7/c1-21(20-22(2)25-17-18-27(41-8)31(39)44-25)12-9-10-14-26-30(43-26)37-28(33(4,5)6)29(38)36-19-11-13-24(16-15-23(3)34)42-32(40)35-7/h9-12,14-15,18-20,22,24-26,28,30,37H,13,16-17H2,1-8H3,(H,35,40)(H,36,38)/b12-9-,14-10+,19-11-,21-20+,23-15+. The summed E-state index contributed by atoms with van der Waals surface area (Å²) in [7, 11) is 2.95. The molecule has 0 aromatic carbocycles. The maximum atomic E-state index is 13.1. The van der Waals surface area contributed by atoms with Crippen LogP contribution >= 0.6 is 11.6 Å². The fraction of sp³-hybridized carbons (Fsp3) is 0.545. The van der Waals surface area contributed by atoms with E-state index in [2.05, 4.69) is 22.0 Å². The molecule has 1 saturated heterocycles. The first kappa shape index (κ1) is 36.8. The second kappa shape index (κ2) is 17.8. The zero-order valence-corrected chi connectivity index (χ0v) is 27.8. The van der Waals surface area contributed by atoms with Gasteiger partial charge in [-0.1, -0.05) is 87.4 Å². The number of cyclic esters (lactones) is 1. The van der Waals surface area contributed by atoms with Gasteiger partial charge in [0.1, 0.15) is 24.5 Å². The molecule has 0 bridgehead atoms. The Balaban J connectivity index is 1.86. The van der Waals surface area contributed by atoms with Crippen LogP contribution in [0.2, 0.25) is 0 Å². The van der Waals surface area contributed by atoms with E-state index >= 15 is 0 Å². The van der Waals surface area contributed by atoms with Crippen LogP contribution in [0.1, 0.15) is 60.8 Å². The Morgan fingerprint density at radius 3 is 2.55 bits per heavy atom. The molecule has 3 N–H and O–H groups in total. The normalized spacial score (nSPS) is 23.2. The van der Waals surface area contributed by atoms with Crippen LogP contribution in [-0.4, -0.2) is 62.7 Å². The van der Waals surface area contributed by atoms with Crippen LogP contribution in [0.3, 0.4) is 0 Å². The number of epoxide rings is 1. The van der Waals surface area contributed by atoms with Crippen LogP contribution < -0.4 is 16.0 Å². The van der Waals surface area contributed by atoms with Crippen LogP contribution in [0.4, 0.5) is 4.79 Å². The number of ether oxygens (including phenoxy) is 4. The van der Waals surface area contributed by atoms with E-state index < -0.39 is 24.2 Å². The number of methoxy groups -OCH3 is 1. The zero-order chi connectivity index (χ0) is 32.9. The van der Waals surface area contributed by atoms with Crippen LogP contribution in [0.15, 0.2) is 71.2 Å². The minimum Gasteiger partial charge on any atom is -0.490 e. The van der Waals surface area contributed by atoms with Gasteiger partial charge in [0.25, 0.3) is 0 Å². The molecule has 2 aliphatic rings. The van der Waals surface area contributed by atoms with E-state index in [0.717, 1.165) is 5.57 Å². The first-order valence-electron chi connectivity index (χ1n) is 14.8. The smallest absolute Gasteiger partial charge is 0.407 e. The lowest BCUT2D eigenvalue weighted by atomic mass is 9.86. The van der Waals surface area contributed by atoms with Crippen molar-refractivity contribution < 1.29 is 33.3 Å². The van der Waals surface area contributed by atoms with Gasteiger partial charge in [-0.25, -0.2) is 9.59 Å². The fourth-order valence-corrected chi connectivity index (χ4v) is 4.51. The SMILES string of the molecule is CNC(=O)OC(C/C=C\NC(=O)C(NC1OC1/C=C/C=C\C(C)=C\C(C)C1CC=C(OC)C(=O)O1)C(C)(C)C)C/C=C(\C)Cl. The van der Waals surface area contributed by atoms with Gasteiger partial charge in [-0.2, -0.15) is 0 Å². The third-order valence-corrected chi connectivity index (χ3v) is 7.12. The summed E-state index contributed by atoms with van der Waals surface area (Å²) in [5.74, 6) is -0.325. The molecule has 2 rings (SSSR count). The molecular weight excluding hydrogens is 586 g/mol. The number of esters is 1. The minimum absolute atomic E-state index is 0.0486. The molecule has 6 unspecified atom stereocenters. The maximum absolute atomic E-state index is 13.1. The molecule has 1 fully saturated rings. The summed E-state index contributed by atoms with van der Waals surface area (Å²) in [6, 6.07) is -0.513. The highest BCUT2D eigenvalue weighted by Crippen LogP contribution is 2.27. The van der Waals surface area contributed by atoms with Crippen molar-refractivity contribution in [3.63, 3.8) is 0 Å². The first-order chi connectivity index (χ1) is 20.7. The van der Waals surface area contributed by atoms with E-state index in [4.69, 9.17) is 30.5 Å². The van der Waals surface area contributed by atoms with Gasteiger partial charge in [0.15, 0.2) is 5.76 Å². The summed E-state index contributed by atoms with van der Waals surface area (Å²) in [4.78, 5) is 36.6. The second-order valence-corrected chi connectivity index (χ2v) is 12.5. The molecule has 2 aliphatic heterocycles. The predicted molar refractivity (Wildman–Crippen MR) is 171 cm³/mol. The molecule has 44 heavy (non-hydrogen) atoms. The van der Waals surface area contributed by atoms with Crippen LogP contribution in [0.5, 0.6) is 0 Å². The number of nitrogens with one attached hydrogen (secondary N) is 3. The highest BCUT2D eigenvalue weighted by atomic mass is 35.5. The molecular formula is C33H48ClN3O7. The largest absolute Gasteiger partial charge is 0.490 e. The zero-order valence-electron chi connectivity index (χ0n) is 27.0. The van der Waals surface area contributed by atoms with Gasteiger partial charge in [0.2, 0.25) is 5.91 Å². The number of carbonyl (C=O) groups is 3. The van der Waals surface area contributed by atoms with Gasteiger partial charge in [-0.3, -0.25) is 10.1 Å². The Morgan fingerprint density at radius 2 is 1.93 bits per heavy atom. The first-order valence-corrected chi connectivity index (χ1v) is 15.2. The number of amides is 2. The molecule has 0 radical (unpaired) electrons. The van der Waals surface area contributed by atoms with Crippen molar-refractivity contribution in [2.24, 2.45) is 11.3 Å². The third kappa shape index (κ3) is 13.1. The quantitative estimate of drug-likeness (QED) is 0.122. The molecule has 0 spiro atoms. The van der Waals surface area contributed by atoms with E-state index in [0.29, 0.717) is 24.3 Å². The van der Waals surface area contributed by atoms with E-state index in [-0.39, 0.29) is 41.4 Å². The Kier molecular flexibility index (Phi) is 14.9. The van der Waals surface area contributed by atoms with Gasteiger partial charge in [0.05, 0.1) is 13.2 Å². The number of alkyl carbamates (subject to hydrolysis) is 1. The highest BCUT2D eigenvalue weighted by Gasteiger charge is 2.42. The van der Waals surface area contributed by atoms with E-state index in [1.165, 1.54) is 14.2 Å². The predicted octanol–water partition coefficient (Wildman–Crippen LogP) is 5.53. The molecule has 2 heterocycles. The van der Waals surface area contributed by atoms with E-state index in [1.54, 1.807) is 31.4 Å². The summed E-state index contributed by atoms with van der Waals surface area (Å²) in [6.07, 6.45) is 16.6. The van der Waals surface area contributed by atoms with Gasteiger partial charge < -0.3 is 29.6 Å². The summed E-state index contributed by atoms with van der Waals surface area (Å²) in [6.45, 7) is 11.7. The van der Waals surface area contributed by atoms with Gasteiger partial charge in [-0.15, -0.1) is 0 Å². The second-order valence-electron chi connectivity index (χ2n) is 11.9. The lowest BCUT2D eigenvalue weighted by Crippen LogP contribution is -2.52. The lowest BCUT2D eigenvalue weighted by molar-refractivity contribution is -0.151. The van der Waals surface area contributed by atoms with Crippen LogP contribution in [0, 0.1) is 11.3 Å². The number of hydrogen-bond acceptors (Lipinski definition) is 8. The van der Waals surface area contributed by atoms with E-state index in [9.17, 15) is 14.4 Å². The molecule has 10 nitrogen and oxygen atoms in total. The Bertz CT molecular complexity index is 1180. The Labute approximate surface area is 266 Å². The van der Waals surface area contributed by atoms with Crippen molar-refractivity contribution in [3.8, 4) is 0 Å². The maximum Gasteiger partial charge on any atom is 0.407 e. The molecule has 0 aromatic rings. The summed E-state index contributed by atoms with van der Waals surface area (Å²) < 4.78 is 21.6. The van der Waals surface area contributed by atoms with Gasteiger partial charge in [-0.05, 0) is 31.5 Å². The molecule has 0 saturated carbocycles. The summed E-state index contributed by atoms with van der Waals surface area (Å²) in [5.41, 5.74) is 0.665. The molecule has 6 atom stereocenters. The lowest BCUT2D eigenvalue weighted by Gasteiger charge is -2.29. The minimum atomic E-state index is -0.530. The monoisotopic (exact) mass is 633 g/mol. The number of allylic oxidation sites excluding steroid dienone is 5. The number of hydrogen-bond donors (Lipinski definition) is 3. The van der Waals surface area contributed by atoms with Crippen LogP contribution in [-0.2, 0) is 28.5 Å². The number of carbonyl (C=O) groups excluding carboxylic acids is 3. The van der Waals surface area contributed by atoms with Crippen molar-refractivity contribution >= 4 is 29.6 Å². The average Bonchev–Trinajstić information content (AvgIpc) is 3.71. The van der Waals surface area contributed by atoms with Crippen molar-refractivity contribution in [2.75, 3.05) is 14.2 Å². The highest BCUT2D eigenvalue weighted by molar-refractivity contribution is 6.29. The summed E-state index contributed by atoms with van der Waals surface area (Å²) >= 11 is 5.92. The van der Waals surface area contributed by atoms with Crippen molar-refractivity contribution in [1.29, 1.82) is 0 Å². The fourth-order valence-electron chi connectivity index (χ4n) is 4.43. The molecule has 2 amide bonds. The third-order valence-electron chi connectivity index (χ3n) is 6.97. The molecule has 11 heteroatoms. The summed E-state index contributed by atoms with van der Waals surface area (Å²) in [5, 5.41) is 9.19. The number of halogens is 1. The number of rotatable bonds is 15. The molecule has 0 aromatic heterocycles. The van der Waals surface area contributed by atoms with Gasteiger partial charge in [0, 0.05) is 37.3 Å². The topological polar surface area (TPSA) is 128 Å². The van der Waals surface area contributed by atoms with Crippen molar-refractivity contribution in [3.05, 3.63) is 71.2 Å². The molecule has 0 aliphatic carbocycles. The van der Waals surface area contributed by atoms with E-state index in [1.807, 2.05) is 58.9 Å². The van der Waals surface area contributed by atoms with Crippen LogP contribution in [0.25, 0.3) is 0 Å². The Hall–Kier alpha value is -3.34. The average molecular weight is 634 g/mol. The molecule has 244 valence electrons. The van der Waals surface area contributed by atoms with Gasteiger partial charge >= 0.3 is 12.1 Å². The van der Waals surface area contributed by atoms with Crippen molar-refractivity contribution in [1.82, 2.24) is 16.0 Å². The van der Waals surface area contributed by atoms with Crippen molar-refractivity contribution in [2.45, 2.75) is 91.4 Å².